The lowest BCUT2D eigenvalue weighted by Gasteiger charge is -2.08. The molecule has 86 valence electrons. The van der Waals surface area contributed by atoms with Crippen LogP contribution in [0.2, 0.25) is 5.02 Å². The summed E-state index contributed by atoms with van der Waals surface area (Å²) >= 11 is 5.82. The predicted octanol–water partition coefficient (Wildman–Crippen LogP) is 2.36. The predicted molar refractivity (Wildman–Crippen MR) is 67.9 cm³/mol. The quantitative estimate of drug-likeness (QED) is 0.611. The summed E-state index contributed by atoms with van der Waals surface area (Å²) in [7, 11) is 0. The SMILES string of the molecule is C=CCNCC(=O)Nc1ccc(Cl)cc1C. The van der Waals surface area contributed by atoms with Gasteiger partial charge in [-0.15, -0.1) is 6.58 Å². The van der Waals surface area contributed by atoms with E-state index in [-0.39, 0.29) is 12.5 Å². The number of anilines is 1. The van der Waals surface area contributed by atoms with E-state index in [0.717, 1.165) is 11.3 Å². The number of aryl methyl sites for hydroxylation is 1. The molecule has 1 aromatic rings. The van der Waals surface area contributed by atoms with Crippen LogP contribution < -0.4 is 10.6 Å². The van der Waals surface area contributed by atoms with Crippen molar-refractivity contribution in [3.8, 4) is 0 Å². The van der Waals surface area contributed by atoms with E-state index < -0.39 is 0 Å². The molecule has 0 aromatic heterocycles. The zero-order chi connectivity index (χ0) is 12.0. The minimum absolute atomic E-state index is 0.0766. The van der Waals surface area contributed by atoms with Crippen molar-refractivity contribution < 1.29 is 4.79 Å². The van der Waals surface area contributed by atoms with Crippen LogP contribution in [-0.2, 0) is 4.79 Å². The number of carbonyl (C=O) groups is 1. The molecule has 3 nitrogen and oxygen atoms in total. The second-order valence-corrected chi connectivity index (χ2v) is 3.86. The summed E-state index contributed by atoms with van der Waals surface area (Å²) in [6.45, 7) is 6.35. The van der Waals surface area contributed by atoms with Crippen LogP contribution in [-0.4, -0.2) is 19.0 Å². The fraction of sp³-hybridized carbons (Fsp3) is 0.250. The number of halogens is 1. The van der Waals surface area contributed by atoms with Crippen LogP contribution >= 0.6 is 11.6 Å². The highest BCUT2D eigenvalue weighted by molar-refractivity contribution is 6.30. The Hall–Kier alpha value is -1.32. The van der Waals surface area contributed by atoms with Gasteiger partial charge in [-0.25, -0.2) is 0 Å². The molecule has 0 spiro atoms. The van der Waals surface area contributed by atoms with Gasteiger partial charge < -0.3 is 10.6 Å². The van der Waals surface area contributed by atoms with Crippen molar-refractivity contribution in [3.63, 3.8) is 0 Å². The van der Waals surface area contributed by atoms with Crippen LogP contribution in [0.25, 0.3) is 0 Å². The summed E-state index contributed by atoms with van der Waals surface area (Å²) in [5.74, 6) is -0.0766. The summed E-state index contributed by atoms with van der Waals surface area (Å²) in [5.41, 5.74) is 1.74. The average Bonchev–Trinajstić information content (AvgIpc) is 2.23. The molecule has 0 aliphatic carbocycles. The molecule has 1 aromatic carbocycles. The average molecular weight is 239 g/mol. The molecule has 2 N–H and O–H groups in total. The first kappa shape index (κ1) is 12.7. The largest absolute Gasteiger partial charge is 0.325 e. The van der Waals surface area contributed by atoms with Gasteiger partial charge in [0.05, 0.1) is 6.54 Å². The zero-order valence-corrected chi connectivity index (χ0v) is 9.97. The Morgan fingerprint density at radius 2 is 2.31 bits per heavy atom. The molecule has 1 rings (SSSR count). The van der Waals surface area contributed by atoms with Gasteiger partial charge in [0.1, 0.15) is 0 Å². The number of amides is 1. The molecule has 0 radical (unpaired) electrons. The summed E-state index contributed by atoms with van der Waals surface area (Å²) in [4.78, 5) is 11.5. The van der Waals surface area contributed by atoms with Gasteiger partial charge in [0, 0.05) is 17.3 Å². The molecular weight excluding hydrogens is 224 g/mol. The van der Waals surface area contributed by atoms with Gasteiger partial charge in [-0.1, -0.05) is 17.7 Å². The van der Waals surface area contributed by atoms with E-state index in [1.165, 1.54) is 0 Å². The lowest BCUT2D eigenvalue weighted by Crippen LogP contribution is -2.28. The minimum Gasteiger partial charge on any atom is -0.325 e. The van der Waals surface area contributed by atoms with E-state index in [9.17, 15) is 4.79 Å². The second kappa shape index (κ2) is 6.30. The standard InChI is InChI=1S/C12H15ClN2O/c1-3-6-14-8-12(16)15-11-5-4-10(13)7-9(11)2/h3-5,7,14H,1,6,8H2,2H3,(H,15,16). The first-order valence-corrected chi connectivity index (χ1v) is 5.39. The lowest BCUT2D eigenvalue weighted by molar-refractivity contribution is -0.115. The third kappa shape index (κ3) is 4.04. The molecule has 0 aliphatic rings. The van der Waals surface area contributed by atoms with Gasteiger partial charge in [-0.2, -0.15) is 0 Å². The van der Waals surface area contributed by atoms with Crippen LogP contribution in [0.3, 0.4) is 0 Å². The third-order valence-corrected chi connectivity index (χ3v) is 2.27. The molecule has 0 bridgehead atoms. The van der Waals surface area contributed by atoms with Crippen LogP contribution in [0.4, 0.5) is 5.69 Å². The Kier molecular flexibility index (Phi) is 5.02. The smallest absolute Gasteiger partial charge is 0.238 e. The maximum atomic E-state index is 11.5. The fourth-order valence-corrected chi connectivity index (χ4v) is 1.48. The highest BCUT2D eigenvalue weighted by Gasteiger charge is 2.03. The van der Waals surface area contributed by atoms with E-state index in [4.69, 9.17) is 11.6 Å². The highest BCUT2D eigenvalue weighted by Crippen LogP contribution is 2.19. The van der Waals surface area contributed by atoms with Crippen molar-refractivity contribution in [3.05, 3.63) is 41.4 Å². The Balaban J connectivity index is 2.52. The molecule has 0 fully saturated rings. The number of carbonyl (C=O) groups excluding carboxylic acids is 1. The summed E-state index contributed by atoms with van der Waals surface area (Å²) in [6.07, 6.45) is 1.71. The Bertz CT molecular complexity index is 391. The Labute approximate surface area is 100 Å². The Morgan fingerprint density at radius 1 is 1.56 bits per heavy atom. The van der Waals surface area contributed by atoms with Crippen molar-refractivity contribution in [1.29, 1.82) is 0 Å². The highest BCUT2D eigenvalue weighted by atomic mass is 35.5. The zero-order valence-electron chi connectivity index (χ0n) is 9.22. The minimum atomic E-state index is -0.0766. The van der Waals surface area contributed by atoms with E-state index >= 15 is 0 Å². The van der Waals surface area contributed by atoms with Crippen molar-refractivity contribution in [2.75, 3.05) is 18.4 Å². The van der Waals surface area contributed by atoms with E-state index in [1.807, 2.05) is 13.0 Å². The maximum Gasteiger partial charge on any atom is 0.238 e. The molecular formula is C12H15ClN2O. The lowest BCUT2D eigenvalue weighted by atomic mass is 10.2. The van der Waals surface area contributed by atoms with E-state index in [1.54, 1.807) is 18.2 Å². The molecule has 4 heteroatoms. The van der Waals surface area contributed by atoms with E-state index in [2.05, 4.69) is 17.2 Å². The fourth-order valence-electron chi connectivity index (χ4n) is 1.25. The molecule has 0 saturated heterocycles. The summed E-state index contributed by atoms with van der Waals surface area (Å²) in [5, 5.41) is 6.40. The number of benzene rings is 1. The van der Waals surface area contributed by atoms with Gasteiger partial charge >= 0.3 is 0 Å². The van der Waals surface area contributed by atoms with Crippen molar-refractivity contribution in [1.82, 2.24) is 5.32 Å². The number of hydrogen-bond donors (Lipinski definition) is 2. The molecule has 16 heavy (non-hydrogen) atoms. The van der Waals surface area contributed by atoms with Crippen LogP contribution in [0.1, 0.15) is 5.56 Å². The topological polar surface area (TPSA) is 41.1 Å². The number of rotatable bonds is 5. The normalized spacial score (nSPS) is 9.88. The van der Waals surface area contributed by atoms with E-state index in [0.29, 0.717) is 11.6 Å². The first-order valence-electron chi connectivity index (χ1n) is 5.01. The van der Waals surface area contributed by atoms with Gasteiger partial charge in [0.2, 0.25) is 5.91 Å². The first-order chi connectivity index (χ1) is 7.63. The monoisotopic (exact) mass is 238 g/mol. The van der Waals surface area contributed by atoms with Gasteiger partial charge in [0.25, 0.3) is 0 Å². The van der Waals surface area contributed by atoms with Crippen molar-refractivity contribution >= 4 is 23.2 Å². The number of hydrogen-bond acceptors (Lipinski definition) is 2. The van der Waals surface area contributed by atoms with Gasteiger partial charge in [-0.3, -0.25) is 4.79 Å². The third-order valence-electron chi connectivity index (χ3n) is 2.04. The second-order valence-electron chi connectivity index (χ2n) is 3.43. The van der Waals surface area contributed by atoms with Crippen LogP contribution in [0.15, 0.2) is 30.9 Å². The Morgan fingerprint density at radius 3 is 2.94 bits per heavy atom. The molecule has 0 heterocycles. The molecule has 0 unspecified atom stereocenters. The van der Waals surface area contributed by atoms with Gasteiger partial charge in [0.15, 0.2) is 0 Å². The van der Waals surface area contributed by atoms with Crippen LogP contribution in [0.5, 0.6) is 0 Å². The maximum absolute atomic E-state index is 11.5. The molecule has 1 amide bonds. The molecule has 0 aliphatic heterocycles. The number of nitrogens with one attached hydrogen (secondary N) is 2. The molecule has 0 saturated carbocycles. The van der Waals surface area contributed by atoms with Crippen molar-refractivity contribution in [2.45, 2.75) is 6.92 Å². The summed E-state index contributed by atoms with van der Waals surface area (Å²) in [6, 6.07) is 5.36. The van der Waals surface area contributed by atoms with Crippen LogP contribution in [0, 0.1) is 6.92 Å². The summed E-state index contributed by atoms with van der Waals surface area (Å²) < 4.78 is 0. The molecule has 0 atom stereocenters. The van der Waals surface area contributed by atoms with Gasteiger partial charge in [-0.05, 0) is 30.7 Å². The van der Waals surface area contributed by atoms with Crippen molar-refractivity contribution in [2.24, 2.45) is 0 Å².